The molecule has 0 unspecified atom stereocenters. The third-order valence-electron chi connectivity index (χ3n) is 6.86. The molecule has 1 saturated carbocycles. The van der Waals surface area contributed by atoms with Crippen molar-refractivity contribution in [1.82, 2.24) is 15.0 Å². The van der Waals surface area contributed by atoms with Gasteiger partial charge in [0.1, 0.15) is 5.82 Å². The summed E-state index contributed by atoms with van der Waals surface area (Å²) < 4.78 is 42.1. The number of carbonyl (C=O) groups is 1. The lowest BCUT2D eigenvalue weighted by molar-refractivity contribution is -0.126. The molecule has 1 fully saturated rings. The van der Waals surface area contributed by atoms with E-state index in [-0.39, 0.29) is 34.6 Å². The van der Waals surface area contributed by atoms with E-state index in [1.165, 1.54) is 12.1 Å². The molecule has 0 saturated heterocycles. The van der Waals surface area contributed by atoms with Gasteiger partial charge in [-0.25, -0.2) is 17.5 Å². The third kappa shape index (κ3) is 6.17. The van der Waals surface area contributed by atoms with Crippen LogP contribution in [-0.2, 0) is 14.8 Å². The highest BCUT2D eigenvalue weighted by Gasteiger charge is 2.30. The van der Waals surface area contributed by atoms with Gasteiger partial charge in [-0.2, -0.15) is 0 Å². The first-order valence-electron chi connectivity index (χ1n) is 12.2. The number of halogens is 1. The first-order valence-corrected chi connectivity index (χ1v) is 13.7. The van der Waals surface area contributed by atoms with Crippen LogP contribution in [0.2, 0.25) is 0 Å². The SMILES string of the molecule is Cc1cc(-c2ccc(S(=O)(=O)N[C@H]3CC[C@H](C(=O)N[C@H](C)c4ccc(F)cc4)CC3)cc2C)ccn1. The van der Waals surface area contributed by atoms with Crippen LogP contribution in [-0.4, -0.2) is 25.4 Å². The van der Waals surface area contributed by atoms with Crippen molar-refractivity contribution in [2.75, 3.05) is 0 Å². The molecule has 0 aliphatic heterocycles. The highest BCUT2D eigenvalue weighted by atomic mass is 32.2. The van der Waals surface area contributed by atoms with E-state index in [0.717, 1.165) is 27.9 Å². The van der Waals surface area contributed by atoms with Crippen molar-refractivity contribution in [2.45, 2.75) is 63.4 Å². The van der Waals surface area contributed by atoms with Gasteiger partial charge < -0.3 is 5.32 Å². The molecule has 36 heavy (non-hydrogen) atoms. The molecule has 6 nitrogen and oxygen atoms in total. The highest BCUT2D eigenvalue weighted by molar-refractivity contribution is 7.89. The number of aromatic nitrogens is 1. The maximum atomic E-state index is 13.1. The summed E-state index contributed by atoms with van der Waals surface area (Å²) in [6.45, 7) is 5.70. The molecular weight excluding hydrogens is 477 g/mol. The highest BCUT2D eigenvalue weighted by Crippen LogP contribution is 2.29. The number of sulfonamides is 1. The van der Waals surface area contributed by atoms with Crippen molar-refractivity contribution >= 4 is 15.9 Å². The van der Waals surface area contributed by atoms with Crippen molar-refractivity contribution in [1.29, 1.82) is 0 Å². The molecule has 0 spiro atoms. The minimum atomic E-state index is -3.68. The Balaban J connectivity index is 1.34. The zero-order valence-corrected chi connectivity index (χ0v) is 21.6. The molecule has 8 heteroatoms. The van der Waals surface area contributed by atoms with Crippen LogP contribution in [0.15, 0.2) is 65.7 Å². The van der Waals surface area contributed by atoms with Crippen LogP contribution in [0, 0.1) is 25.6 Å². The van der Waals surface area contributed by atoms with Gasteiger partial charge in [0, 0.05) is 23.9 Å². The molecule has 1 atom stereocenters. The first kappa shape index (κ1) is 26.0. The summed E-state index contributed by atoms with van der Waals surface area (Å²) >= 11 is 0. The number of hydrogen-bond acceptors (Lipinski definition) is 4. The Morgan fingerprint density at radius 3 is 2.33 bits per heavy atom. The van der Waals surface area contributed by atoms with Gasteiger partial charge in [0.25, 0.3) is 0 Å². The summed E-state index contributed by atoms with van der Waals surface area (Å²) in [4.78, 5) is 17.2. The zero-order valence-electron chi connectivity index (χ0n) is 20.8. The minimum Gasteiger partial charge on any atom is -0.349 e. The van der Waals surface area contributed by atoms with Gasteiger partial charge >= 0.3 is 0 Å². The fourth-order valence-corrected chi connectivity index (χ4v) is 6.16. The number of nitrogens with zero attached hydrogens (tertiary/aromatic N) is 1. The molecule has 2 aromatic carbocycles. The zero-order chi connectivity index (χ0) is 25.9. The summed E-state index contributed by atoms with van der Waals surface area (Å²) in [6, 6.07) is 14.7. The van der Waals surface area contributed by atoms with Crippen LogP contribution in [0.3, 0.4) is 0 Å². The summed E-state index contributed by atoms with van der Waals surface area (Å²) in [6.07, 6.45) is 4.14. The Morgan fingerprint density at radius 2 is 1.69 bits per heavy atom. The second kappa shape index (κ2) is 10.9. The first-order chi connectivity index (χ1) is 17.1. The number of rotatable bonds is 7. The number of amides is 1. The lowest BCUT2D eigenvalue weighted by atomic mass is 9.85. The summed E-state index contributed by atoms with van der Waals surface area (Å²) in [7, 11) is -3.68. The van der Waals surface area contributed by atoms with E-state index in [4.69, 9.17) is 0 Å². The van der Waals surface area contributed by atoms with Crippen molar-refractivity contribution < 1.29 is 17.6 Å². The standard InChI is InChI=1S/C28H32FN3O3S/c1-18-16-26(12-13-27(18)23-14-15-30-19(2)17-23)36(34,35)32-25-10-6-22(7-11-25)28(33)31-20(3)21-4-8-24(29)9-5-21/h4-5,8-9,12-17,20,22,25,32H,6-7,10-11H2,1-3H3,(H,31,33)/t20-,22-,25-/m1/s1. The molecule has 1 amide bonds. The van der Waals surface area contributed by atoms with Gasteiger partial charge in [-0.3, -0.25) is 9.78 Å². The fourth-order valence-electron chi connectivity index (χ4n) is 4.77. The van der Waals surface area contributed by atoms with Crippen LogP contribution in [0.5, 0.6) is 0 Å². The topological polar surface area (TPSA) is 88.2 Å². The van der Waals surface area contributed by atoms with Crippen molar-refractivity contribution in [3.63, 3.8) is 0 Å². The van der Waals surface area contributed by atoms with E-state index < -0.39 is 10.0 Å². The Bertz CT molecular complexity index is 1330. The van der Waals surface area contributed by atoms with Crippen molar-refractivity contribution in [2.24, 2.45) is 5.92 Å². The minimum absolute atomic E-state index is 0.0503. The van der Waals surface area contributed by atoms with E-state index in [2.05, 4.69) is 15.0 Å². The molecule has 190 valence electrons. The van der Waals surface area contributed by atoms with Crippen LogP contribution in [0.1, 0.15) is 55.5 Å². The lowest BCUT2D eigenvalue weighted by Crippen LogP contribution is -2.41. The number of hydrogen-bond donors (Lipinski definition) is 2. The van der Waals surface area contributed by atoms with Gasteiger partial charge in [0.2, 0.25) is 15.9 Å². The molecule has 2 N–H and O–H groups in total. The Morgan fingerprint density at radius 1 is 1.00 bits per heavy atom. The number of aryl methyl sites for hydroxylation is 2. The molecule has 1 aliphatic carbocycles. The van der Waals surface area contributed by atoms with Crippen molar-refractivity contribution in [3.05, 3.63) is 83.4 Å². The normalized spacial score (nSPS) is 19.0. The van der Waals surface area contributed by atoms with E-state index in [1.54, 1.807) is 30.5 Å². The maximum Gasteiger partial charge on any atom is 0.240 e. The Labute approximate surface area is 212 Å². The van der Waals surface area contributed by atoms with E-state index in [1.807, 2.05) is 39.0 Å². The molecule has 1 heterocycles. The van der Waals surface area contributed by atoms with E-state index in [0.29, 0.717) is 25.7 Å². The predicted molar refractivity (Wildman–Crippen MR) is 138 cm³/mol. The average molecular weight is 510 g/mol. The summed E-state index contributed by atoms with van der Waals surface area (Å²) in [5.74, 6) is -0.530. The molecular formula is C28H32FN3O3S. The number of carbonyl (C=O) groups excluding carboxylic acids is 1. The third-order valence-corrected chi connectivity index (χ3v) is 8.38. The second-order valence-electron chi connectivity index (χ2n) is 9.61. The van der Waals surface area contributed by atoms with Gasteiger partial charge in [-0.1, -0.05) is 18.2 Å². The van der Waals surface area contributed by atoms with Gasteiger partial charge in [-0.05, 0) is 105 Å². The van der Waals surface area contributed by atoms with Gasteiger partial charge in [0.05, 0.1) is 10.9 Å². The van der Waals surface area contributed by atoms with E-state index in [9.17, 15) is 17.6 Å². The van der Waals surface area contributed by atoms with Crippen LogP contribution in [0.4, 0.5) is 4.39 Å². The Kier molecular flexibility index (Phi) is 7.85. The predicted octanol–water partition coefficient (Wildman–Crippen LogP) is 5.22. The quantitative estimate of drug-likeness (QED) is 0.457. The van der Waals surface area contributed by atoms with E-state index >= 15 is 0 Å². The average Bonchev–Trinajstić information content (AvgIpc) is 2.84. The molecule has 1 aromatic heterocycles. The second-order valence-corrected chi connectivity index (χ2v) is 11.3. The lowest BCUT2D eigenvalue weighted by Gasteiger charge is -2.29. The monoisotopic (exact) mass is 509 g/mol. The number of benzene rings is 2. The van der Waals surface area contributed by atoms with Gasteiger partial charge in [0.15, 0.2) is 0 Å². The van der Waals surface area contributed by atoms with Crippen molar-refractivity contribution in [3.8, 4) is 11.1 Å². The molecule has 0 bridgehead atoms. The smallest absolute Gasteiger partial charge is 0.240 e. The maximum absolute atomic E-state index is 13.1. The van der Waals surface area contributed by atoms with Gasteiger partial charge in [-0.15, -0.1) is 0 Å². The molecule has 1 aliphatic rings. The van der Waals surface area contributed by atoms with Crippen LogP contribution < -0.4 is 10.0 Å². The summed E-state index contributed by atoms with van der Waals surface area (Å²) in [5.41, 5.74) is 4.59. The van der Waals surface area contributed by atoms with Crippen LogP contribution >= 0.6 is 0 Å². The number of nitrogens with one attached hydrogen (secondary N) is 2. The number of pyridine rings is 1. The molecule has 3 aromatic rings. The fraction of sp³-hybridized carbons (Fsp3) is 0.357. The molecule has 0 radical (unpaired) electrons. The molecule has 4 rings (SSSR count). The largest absolute Gasteiger partial charge is 0.349 e. The van der Waals surface area contributed by atoms with Crippen LogP contribution in [0.25, 0.3) is 11.1 Å². The Hall–Kier alpha value is -3.10. The summed E-state index contributed by atoms with van der Waals surface area (Å²) in [5, 5.41) is 3.00.